The fraction of sp³-hybridized carbons (Fsp3) is 0.105. The van der Waals surface area contributed by atoms with Crippen LogP contribution in [0, 0.1) is 0 Å². The molecule has 27 heavy (non-hydrogen) atoms. The summed E-state index contributed by atoms with van der Waals surface area (Å²) in [4.78, 5) is 20.7. The number of anilines is 1. The van der Waals surface area contributed by atoms with E-state index in [4.69, 9.17) is 21.1 Å². The van der Waals surface area contributed by atoms with Gasteiger partial charge in [-0.05, 0) is 37.3 Å². The lowest BCUT2D eigenvalue weighted by molar-refractivity contribution is 0.102. The second kappa shape index (κ2) is 8.83. The Morgan fingerprint density at radius 1 is 1.19 bits per heavy atom. The van der Waals surface area contributed by atoms with Crippen LogP contribution in [0.15, 0.2) is 59.2 Å². The van der Waals surface area contributed by atoms with E-state index in [-0.39, 0.29) is 10.7 Å². The molecule has 0 saturated carbocycles. The Morgan fingerprint density at radius 2 is 2.00 bits per heavy atom. The molecule has 0 radical (unpaired) electrons. The number of pyridine rings is 2. The number of nitrogens with one attached hydrogen (secondary N) is 1. The number of hydrogen-bond acceptors (Lipinski definition) is 5. The summed E-state index contributed by atoms with van der Waals surface area (Å²) in [6.45, 7) is 2.28. The van der Waals surface area contributed by atoms with E-state index in [1.165, 1.54) is 6.20 Å². The fourth-order valence-electron chi connectivity index (χ4n) is 2.17. The van der Waals surface area contributed by atoms with E-state index in [1.54, 1.807) is 24.3 Å². The van der Waals surface area contributed by atoms with Gasteiger partial charge in [-0.3, -0.25) is 4.79 Å². The van der Waals surface area contributed by atoms with E-state index in [0.717, 1.165) is 4.47 Å². The minimum atomic E-state index is -0.455. The number of aromatic nitrogens is 2. The van der Waals surface area contributed by atoms with Crippen LogP contribution in [0.1, 0.15) is 17.4 Å². The molecule has 6 nitrogen and oxygen atoms in total. The van der Waals surface area contributed by atoms with Gasteiger partial charge in [0.05, 0.1) is 23.5 Å². The molecule has 0 fully saturated rings. The number of rotatable bonds is 6. The summed E-state index contributed by atoms with van der Waals surface area (Å²) in [5, 5.41) is 2.94. The predicted octanol–water partition coefficient (Wildman–Crippen LogP) is 5.34. The van der Waals surface area contributed by atoms with Gasteiger partial charge in [0, 0.05) is 16.6 Å². The molecule has 2 aromatic heterocycles. The molecular formula is C19H15BrClN3O3. The van der Waals surface area contributed by atoms with Crippen LogP contribution >= 0.6 is 27.5 Å². The monoisotopic (exact) mass is 447 g/mol. The third-order valence-electron chi connectivity index (χ3n) is 3.34. The highest BCUT2D eigenvalue weighted by Crippen LogP contribution is 2.24. The third-order valence-corrected chi connectivity index (χ3v) is 4.14. The Labute approximate surface area is 169 Å². The van der Waals surface area contributed by atoms with E-state index >= 15 is 0 Å². The predicted molar refractivity (Wildman–Crippen MR) is 107 cm³/mol. The van der Waals surface area contributed by atoms with Gasteiger partial charge in [-0.2, -0.15) is 0 Å². The molecule has 2 heterocycles. The Hall–Kier alpha value is -2.64. The largest absolute Gasteiger partial charge is 0.478 e. The summed E-state index contributed by atoms with van der Waals surface area (Å²) in [6.07, 6.45) is 1.49. The molecule has 0 aliphatic rings. The summed E-state index contributed by atoms with van der Waals surface area (Å²) in [5.74, 6) is 0.935. The van der Waals surface area contributed by atoms with Crippen molar-refractivity contribution in [3.8, 4) is 17.5 Å². The van der Waals surface area contributed by atoms with Gasteiger partial charge in [0.1, 0.15) is 5.75 Å². The molecule has 3 rings (SSSR count). The van der Waals surface area contributed by atoms with Crippen molar-refractivity contribution in [2.45, 2.75) is 6.92 Å². The molecule has 0 spiro atoms. The van der Waals surface area contributed by atoms with Crippen molar-refractivity contribution in [2.75, 3.05) is 11.9 Å². The zero-order chi connectivity index (χ0) is 19.2. The van der Waals surface area contributed by atoms with Crippen LogP contribution in [0.3, 0.4) is 0 Å². The minimum Gasteiger partial charge on any atom is -0.478 e. The molecule has 1 amide bonds. The van der Waals surface area contributed by atoms with E-state index in [0.29, 0.717) is 29.8 Å². The lowest BCUT2D eigenvalue weighted by atomic mass is 10.3. The van der Waals surface area contributed by atoms with Crippen LogP contribution in [0.5, 0.6) is 17.5 Å². The number of benzene rings is 1. The maximum atomic E-state index is 12.4. The number of hydrogen-bond donors (Lipinski definition) is 1. The van der Waals surface area contributed by atoms with E-state index < -0.39 is 5.91 Å². The van der Waals surface area contributed by atoms with Gasteiger partial charge in [-0.15, -0.1) is 0 Å². The summed E-state index contributed by atoms with van der Waals surface area (Å²) in [5.41, 5.74) is 0.568. The smallest absolute Gasteiger partial charge is 0.276 e. The molecule has 1 aromatic carbocycles. The summed E-state index contributed by atoms with van der Waals surface area (Å²) < 4.78 is 11.9. The molecule has 0 saturated heterocycles. The first kappa shape index (κ1) is 19.1. The third kappa shape index (κ3) is 5.18. The van der Waals surface area contributed by atoms with Gasteiger partial charge in [-0.25, -0.2) is 9.97 Å². The van der Waals surface area contributed by atoms with Gasteiger partial charge < -0.3 is 14.8 Å². The van der Waals surface area contributed by atoms with Crippen molar-refractivity contribution in [3.63, 3.8) is 0 Å². The second-order valence-electron chi connectivity index (χ2n) is 5.31. The van der Waals surface area contributed by atoms with E-state index in [9.17, 15) is 4.79 Å². The van der Waals surface area contributed by atoms with Crippen molar-refractivity contribution in [1.82, 2.24) is 9.97 Å². The SMILES string of the molecule is CCOc1ccc(Cl)c(C(=O)Nc2ccc(Oc3cccc(Br)c3)nc2)n1. The average Bonchev–Trinajstić information content (AvgIpc) is 2.65. The number of halogens is 2. The molecule has 138 valence electrons. The molecule has 0 atom stereocenters. The highest BCUT2D eigenvalue weighted by molar-refractivity contribution is 9.10. The number of carbonyl (C=O) groups is 1. The molecule has 1 N–H and O–H groups in total. The Balaban J connectivity index is 1.69. The summed E-state index contributed by atoms with van der Waals surface area (Å²) in [6, 6.07) is 13.9. The van der Waals surface area contributed by atoms with Crippen molar-refractivity contribution >= 4 is 39.1 Å². The quantitative estimate of drug-likeness (QED) is 0.551. The lowest BCUT2D eigenvalue weighted by Crippen LogP contribution is -2.15. The summed E-state index contributed by atoms with van der Waals surface area (Å²) >= 11 is 9.45. The molecular weight excluding hydrogens is 434 g/mol. The van der Waals surface area contributed by atoms with E-state index in [2.05, 4.69) is 31.2 Å². The highest BCUT2D eigenvalue weighted by Gasteiger charge is 2.14. The number of carbonyl (C=O) groups excluding carboxylic acids is 1. The van der Waals surface area contributed by atoms with Crippen LogP contribution in [0.2, 0.25) is 5.02 Å². The van der Waals surface area contributed by atoms with Gasteiger partial charge in [0.2, 0.25) is 11.8 Å². The summed E-state index contributed by atoms with van der Waals surface area (Å²) in [7, 11) is 0. The Bertz CT molecular complexity index is 951. The zero-order valence-electron chi connectivity index (χ0n) is 14.3. The Morgan fingerprint density at radius 3 is 2.70 bits per heavy atom. The second-order valence-corrected chi connectivity index (χ2v) is 6.63. The lowest BCUT2D eigenvalue weighted by Gasteiger charge is -2.09. The standard InChI is InChI=1S/C19H15BrClN3O3/c1-2-26-17-9-7-15(21)18(24-17)19(25)23-13-6-8-16(22-11-13)27-14-5-3-4-12(20)10-14/h3-11H,2H2,1H3,(H,23,25). The highest BCUT2D eigenvalue weighted by atomic mass is 79.9. The van der Waals surface area contributed by atoms with Crippen molar-refractivity contribution in [1.29, 1.82) is 0 Å². The maximum absolute atomic E-state index is 12.4. The normalized spacial score (nSPS) is 10.3. The zero-order valence-corrected chi connectivity index (χ0v) is 16.6. The van der Waals surface area contributed by atoms with Gasteiger partial charge in [0.25, 0.3) is 5.91 Å². The average molecular weight is 449 g/mol. The number of nitrogens with zero attached hydrogens (tertiary/aromatic N) is 2. The fourth-order valence-corrected chi connectivity index (χ4v) is 2.74. The molecule has 8 heteroatoms. The first-order valence-electron chi connectivity index (χ1n) is 8.05. The van der Waals surface area contributed by atoms with Crippen molar-refractivity contribution < 1.29 is 14.3 Å². The molecule has 0 bridgehead atoms. The first-order chi connectivity index (χ1) is 13.0. The van der Waals surface area contributed by atoms with Crippen LogP contribution in [0.25, 0.3) is 0 Å². The van der Waals surface area contributed by atoms with Gasteiger partial charge >= 0.3 is 0 Å². The molecule has 0 aliphatic heterocycles. The maximum Gasteiger partial charge on any atom is 0.276 e. The Kier molecular flexibility index (Phi) is 6.26. The van der Waals surface area contributed by atoms with E-state index in [1.807, 2.05) is 31.2 Å². The molecule has 0 unspecified atom stereocenters. The number of ether oxygens (including phenoxy) is 2. The van der Waals surface area contributed by atoms with Crippen LogP contribution < -0.4 is 14.8 Å². The molecule has 0 aliphatic carbocycles. The van der Waals surface area contributed by atoms with Crippen molar-refractivity contribution in [3.05, 3.63) is 69.9 Å². The van der Waals surface area contributed by atoms with Crippen molar-refractivity contribution in [2.24, 2.45) is 0 Å². The first-order valence-corrected chi connectivity index (χ1v) is 9.22. The van der Waals surface area contributed by atoms with Gasteiger partial charge in [-0.1, -0.05) is 33.6 Å². The van der Waals surface area contributed by atoms with Gasteiger partial charge in [0.15, 0.2) is 5.69 Å². The topological polar surface area (TPSA) is 73.3 Å². The van der Waals surface area contributed by atoms with Crippen LogP contribution in [0.4, 0.5) is 5.69 Å². The molecule has 3 aromatic rings. The van der Waals surface area contributed by atoms with Crippen LogP contribution in [-0.2, 0) is 0 Å². The number of amides is 1. The minimum absolute atomic E-state index is 0.0806. The van der Waals surface area contributed by atoms with Crippen LogP contribution in [-0.4, -0.2) is 22.5 Å².